The van der Waals surface area contributed by atoms with Gasteiger partial charge in [-0.05, 0) is 27.3 Å². The molecule has 0 aliphatic carbocycles. The van der Waals surface area contributed by atoms with Crippen LogP contribution in [0.4, 0.5) is 0 Å². The molecule has 1 rings (SSSR count). The molecule has 0 aromatic heterocycles. The van der Waals surface area contributed by atoms with Gasteiger partial charge in [0.15, 0.2) is 0 Å². The number of ether oxygens (including phenoxy) is 1. The number of rotatable bonds is 2. The van der Waals surface area contributed by atoms with E-state index in [9.17, 15) is 9.90 Å². The maximum Gasteiger partial charge on any atom is 0.326 e. The second-order valence-corrected chi connectivity index (χ2v) is 4.31. The van der Waals surface area contributed by atoms with Gasteiger partial charge in [-0.15, -0.1) is 0 Å². The maximum atomic E-state index is 11.4. The summed E-state index contributed by atoms with van der Waals surface area (Å²) in [7, 11) is 1.85. The Hall–Kier alpha value is -0.610. The third-order valence-electron chi connectivity index (χ3n) is 3.13. The minimum atomic E-state index is -0.640. The molecule has 1 aliphatic rings. The van der Waals surface area contributed by atoms with Gasteiger partial charge in [-0.25, -0.2) is 0 Å². The molecule has 0 aromatic carbocycles. The van der Waals surface area contributed by atoms with Crippen LogP contribution in [0.15, 0.2) is 0 Å². The molecule has 14 heavy (non-hydrogen) atoms. The maximum absolute atomic E-state index is 11.4. The van der Waals surface area contributed by atoms with Gasteiger partial charge < -0.3 is 9.84 Å². The number of carbonyl (C=O) groups excluding carboxylic acids is 1. The van der Waals surface area contributed by atoms with E-state index in [0.717, 1.165) is 0 Å². The standard InChI is InChI=1S/C10H19NO3/c1-5-8(12)7-6-14-9(13)10(2,3)11(7)4/h7-8,12H,5-6H2,1-4H3. The summed E-state index contributed by atoms with van der Waals surface area (Å²) >= 11 is 0. The molecular weight excluding hydrogens is 182 g/mol. The van der Waals surface area contributed by atoms with E-state index in [-0.39, 0.29) is 18.6 Å². The number of aliphatic hydroxyl groups is 1. The van der Waals surface area contributed by atoms with E-state index in [2.05, 4.69) is 0 Å². The molecule has 0 aromatic rings. The largest absolute Gasteiger partial charge is 0.463 e. The Kier molecular flexibility index (Phi) is 3.17. The van der Waals surface area contributed by atoms with Crippen LogP contribution in [0.1, 0.15) is 27.2 Å². The van der Waals surface area contributed by atoms with Crippen LogP contribution in [0.2, 0.25) is 0 Å². The first-order valence-corrected chi connectivity index (χ1v) is 4.99. The van der Waals surface area contributed by atoms with E-state index < -0.39 is 11.6 Å². The molecule has 2 atom stereocenters. The fourth-order valence-electron chi connectivity index (χ4n) is 1.65. The number of morpholine rings is 1. The third-order valence-corrected chi connectivity index (χ3v) is 3.13. The highest BCUT2D eigenvalue weighted by Gasteiger charge is 2.44. The van der Waals surface area contributed by atoms with Crippen molar-refractivity contribution in [2.24, 2.45) is 0 Å². The van der Waals surface area contributed by atoms with E-state index in [1.165, 1.54) is 0 Å². The van der Waals surface area contributed by atoms with Crippen molar-refractivity contribution in [3.05, 3.63) is 0 Å². The second-order valence-electron chi connectivity index (χ2n) is 4.31. The zero-order valence-electron chi connectivity index (χ0n) is 9.28. The van der Waals surface area contributed by atoms with Crippen molar-refractivity contribution in [3.8, 4) is 0 Å². The van der Waals surface area contributed by atoms with Gasteiger partial charge in [0.25, 0.3) is 0 Å². The summed E-state index contributed by atoms with van der Waals surface area (Å²) < 4.78 is 5.06. The molecule has 82 valence electrons. The van der Waals surface area contributed by atoms with Crippen molar-refractivity contribution in [3.63, 3.8) is 0 Å². The molecule has 1 saturated heterocycles. The van der Waals surface area contributed by atoms with Gasteiger partial charge in [0.1, 0.15) is 12.1 Å². The van der Waals surface area contributed by atoms with Crippen LogP contribution in [-0.4, -0.2) is 47.3 Å². The molecule has 0 amide bonds. The molecule has 1 fully saturated rings. The van der Waals surface area contributed by atoms with E-state index in [1.807, 2.05) is 32.7 Å². The predicted octanol–water partition coefficient (Wildman–Crippen LogP) is 0.393. The lowest BCUT2D eigenvalue weighted by Gasteiger charge is -2.44. The zero-order valence-corrected chi connectivity index (χ0v) is 9.28. The van der Waals surface area contributed by atoms with Crippen molar-refractivity contribution in [1.82, 2.24) is 4.90 Å². The van der Waals surface area contributed by atoms with Crippen LogP contribution in [0, 0.1) is 0 Å². The van der Waals surface area contributed by atoms with Crippen LogP contribution in [0.3, 0.4) is 0 Å². The van der Waals surface area contributed by atoms with Crippen LogP contribution < -0.4 is 0 Å². The number of nitrogens with zero attached hydrogens (tertiary/aromatic N) is 1. The highest BCUT2D eigenvalue weighted by molar-refractivity contribution is 5.80. The summed E-state index contributed by atoms with van der Waals surface area (Å²) in [6.45, 7) is 5.82. The van der Waals surface area contributed by atoms with Gasteiger partial charge in [0.05, 0.1) is 12.1 Å². The van der Waals surface area contributed by atoms with E-state index in [4.69, 9.17) is 4.74 Å². The van der Waals surface area contributed by atoms with Crippen LogP contribution in [-0.2, 0) is 9.53 Å². The van der Waals surface area contributed by atoms with Crippen LogP contribution in [0.5, 0.6) is 0 Å². The van der Waals surface area contributed by atoms with Gasteiger partial charge in [-0.2, -0.15) is 0 Å². The molecule has 2 unspecified atom stereocenters. The molecule has 1 heterocycles. The summed E-state index contributed by atoms with van der Waals surface area (Å²) in [6, 6.07) is -0.0901. The number of carbonyl (C=O) groups is 1. The topological polar surface area (TPSA) is 49.8 Å². The van der Waals surface area contributed by atoms with Gasteiger partial charge in [-0.3, -0.25) is 9.69 Å². The quantitative estimate of drug-likeness (QED) is 0.657. The third kappa shape index (κ3) is 1.77. The minimum Gasteiger partial charge on any atom is -0.463 e. The van der Waals surface area contributed by atoms with E-state index in [0.29, 0.717) is 6.42 Å². The Morgan fingerprint density at radius 3 is 2.79 bits per heavy atom. The van der Waals surface area contributed by atoms with E-state index >= 15 is 0 Å². The van der Waals surface area contributed by atoms with Crippen molar-refractivity contribution < 1.29 is 14.6 Å². The number of likely N-dealkylation sites (N-methyl/N-ethyl adjacent to an activating group) is 1. The highest BCUT2D eigenvalue weighted by atomic mass is 16.5. The number of cyclic esters (lactones) is 1. The van der Waals surface area contributed by atoms with Crippen molar-refractivity contribution in [2.75, 3.05) is 13.7 Å². The number of esters is 1. The number of hydrogen-bond donors (Lipinski definition) is 1. The molecule has 0 spiro atoms. The van der Waals surface area contributed by atoms with E-state index in [1.54, 1.807) is 0 Å². The summed E-state index contributed by atoms with van der Waals surface area (Å²) in [5, 5.41) is 9.74. The zero-order chi connectivity index (χ0) is 10.9. The Morgan fingerprint density at radius 2 is 2.29 bits per heavy atom. The minimum absolute atomic E-state index is 0.0901. The Balaban J connectivity index is 2.79. The fourth-order valence-corrected chi connectivity index (χ4v) is 1.65. The molecule has 0 saturated carbocycles. The SMILES string of the molecule is CCC(O)C1COC(=O)C(C)(C)N1C. The van der Waals surface area contributed by atoms with Gasteiger partial charge in [0.2, 0.25) is 0 Å². The van der Waals surface area contributed by atoms with Crippen LogP contribution >= 0.6 is 0 Å². The fraction of sp³-hybridized carbons (Fsp3) is 0.900. The first kappa shape index (κ1) is 11.5. The Morgan fingerprint density at radius 1 is 1.71 bits per heavy atom. The Labute approximate surface area is 84.8 Å². The molecule has 0 bridgehead atoms. The lowest BCUT2D eigenvalue weighted by molar-refractivity contribution is -0.175. The number of hydrogen-bond acceptors (Lipinski definition) is 4. The van der Waals surface area contributed by atoms with Crippen molar-refractivity contribution in [1.29, 1.82) is 0 Å². The van der Waals surface area contributed by atoms with Crippen LogP contribution in [0.25, 0.3) is 0 Å². The van der Waals surface area contributed by atoms with Crippen molar-refractivity contribution >= 4 is 5.97 Å². The molecule has 4 nitrogen and oxygen atoms in total. The first-order chi connectivity index (χ1) is 6.41. The van der Waals surface area contributed by atoms with Gasteiger partial charge in [0, 0.05) is 0 Å². The lowest BCUT2D eigenvalue weighted by atomic mass is 9.96. The Bertz CT molecular complexity index is 227. The average Bonchev–Trinajstić information content (AvgIpc) is 2.14. The molecule has 4 heteroatoms. The molecule has 1 aliphatic heterocycles. The highest BCUT2D eigenvalue weighted by Crippen LogP contribution is 2.25. The second kappa shape index (κ2) is 3.87. The monoisotopic (exact) mass is 201 g/mol. The molecule has 1 N–H and O–H groups in total. The summed E-state index contributed by atoms with van der Waals surface area (Å²) in [5.74, 6) is -0.223. The first-order valence-electron chi connectivity index (χ1n) is 4.99. The summed E-state index contributed by atoms with van der Waals surface area (Å²) in [4.78, 5) is 13.3. The normalized spacial score (nSPS) is 29.8. The van der Waals surface area contributed by atoms with Gasteiger partial charge >= 0.3 is 5.97 Å². The smallest absolute Gasteiger partial charge is 0.326 e. The average molecular weight is 201 g/mol. The predicted molar refractivity (Wildman–Crippen MR) is 52.9 cm³/mol. The number of aliphatic hydroxyl groups excluding tert-OH is 1. The summed E-state index contributed by atoms with van der Waals surface area (Å²) in [5.41, 5.74) is -0.640. The molecule has 0 radical (unpaired) electrons. The van der Waals surface area contributed by atoms with Crippen molar-refractivity contribution in [2.45, 2.75) is 44.9 Å². The lowest BCUT2D eigenvalue weighted by Crippen LogP contribution is -2.62. The molecular formula is C10H19NO3. The van der Waals surface area contributed by atoms with Gasteiger partial charge in [-0.1, -0.05) is 6.92 Å². The summed E-state index contributed by atoms with van der Waals surface area (Å²) in [6.07, 6.45) is 0.232.